The van der Waals surface area contributed by atoms with Gasteiger partial charge in [0.25, 0.3) is 5.91 Å². The fraction of sp³-hybridized carbons (Fsp3) is 0.241. The van der Waals surface area contributed by atoms with Crippen LogP contribution in [0.3, 0.4) is 0 Å². The first-order chi connectivity index (χ1) is 18.0. The molecule has 1 aliphatic rings. The van der Waals surface area contributed by atoms with Crippen molar-refractivity contribution in [3.05, 3.63) is 112 Å². The Morgan fingerprint density at radius 1 is 1.16 bits per heavy atom. The number of hydrogen-bond acceptors (Lipinski definition) is 5. The molecule has 1 heterocycles. The Hall–Kier alpha value is -3.49. The molecule has 2 atom stereocenters. The van der Waals surface area contributed by atoms with E-state index in [1.807, 2.05) is 36.4 Å². The molecule has 1 amide bonds. The number of carbonyl (C=O) groups is 1. The summed E-state index contributed by atoms with van der Waals surface area (Å²) in [5.41, 5.74) is 0.936. The third kappa shape index (κ3) is 6.09. The van der Waals surface area contributed by atoms with Crippen molar-refractivity contribution in [1.82, 2.24) is 5.32 Å². The van der Waals surface area contributed by atoms with Gasteiger partial charge < -0.3 is 19.9 Å². The van der Waals surface area contributed by atoms with Crippen molar-refractivity contribution in [1.29, 1.82) is 0 Å². The van der Waals surface area contributed by atoms with E-state index in [4.69, 9.17) is 19.6 Å². The first-order valence-corrected chi connectivity index (χ1v) is 12.7. The highest BCUT2D eigenvalue weighted by atomic mass is 79.9. The molecule has 0 saturated carbocycles. The number of benzene rings is 3. The fourth-order valence-corrected chi connectivity index (χ4v) is 4.63. The molecule has 0 unspecified atom stereocenters. The first kappa shape index (κ1) is 26.6. The van der Waals surface area contributed by atoms with Crippen LogP contribution >= 0.6 is 15.9 Å². The zero-order chi connectivity index (χ0) is 26.3. The number of aliphatic imine (C=N–C) groups is 1. The van der Waals surface area contributed by atoms with Gasteiger partial charge in [-0.1, -0.05) is 52.3 Å². The van der Waals surface area contributed by atoms with E-state index in [0.29, 0.717) is 30.2 Å². The average molecular weight is 567 g/mol. The van der Waals surface area contributed by atoms with Crippen molar-refractivity contribution in [2.45, 2.75) is 31.0 Å². The van der Waals surface area contributed by atoms with Crippen molar-refractivity contribution in [3.63, 3.8) is 0 Å². The van der Waals surface area contributed by atoms with Gasteiger partial charge in [0.1, 0.15) is 11.6 Å². The lowest BCUT2D eigenvalue weighted by atomic mass is 9.84. The minimum atomic E-state index is -1.31. The average Bonchev–Trinajstić information content (AvgIpc) is 3.29. The number of halogens is 2. The van der Waals surface area contributed by atoms with Crippen molar-refractivity contribution in [2.24, 2.45) is 4.99 Å². The summed E-state index contributed by atoms with van der Waals surface area (Å²) in [4.78, 5) is 18.7. The molecule has 0 bridgehead atoms. The maximum Gasteiger partial charge on any atom is 0.252 e. The van der Waals surface area contributed by atoms with E-state index in [-0.39, 0.29) is 31.3 Å². The first-order valence-electron chi connectivity index (χ1n) is 12.0. The largest absolute Gasteiger partial charge is 0.494 e. The number of amides is 1. The van der Waals surface area contributed by atoms with Crippen LogP contribution < -0.4 is 10.1 Å². The molecule has 8 heteroatoms. The minimum absolute atomic E-state index is 0.0633. The number of ether oxygens (including phenoxy) is 2. The van der Waals surface area contributed by atoms with Gasteiger partial charge in [0.15, 0.2) is 11.6 Å². The van der Waals surface area contributed by atoms with Crippen molar-refractivity contribution in [3.8, 4) is 5.75 Å². The Kier molecular flexibility index (Phi) is 8.74. The van der Waals surface area contributed by atoms with Crippen LogP contribution in [0.5, 0.6) is 5.75 Å². The molecule has 0 saturated heterocycles. The highest BCUT2D eigenvalue weighted by Crippen LogP contribution is 2.44. The van der Waals surface area contributed by atoms with Crippen molar-refractivity contribution < 1.29 is 23.8 Å². The highest BCUT2D eigenvalue weighted by Gasteiger charge is 2.52. The lowest BCUT2D eigenvalue weighted by Crippen LogP contribution is -2.47. The number of carbonyl (C=O) groups excluding carboxylic acids is 1. The molecule has 0 radical (unpaired) electrons. The van der Waals surface area contributed by atoms with Crippen LogP contribution in [-0.2, 0) is 16.1 Å². The van der Waals surface area contributed by atoms with Crippen molar-refractivity contribution in [2.75, 3.05) is 13.2 Å². The van der Waals surface area contributed by atoms with Gasteiger partial charge in [-0.15, -0.1) is 6.58 Å². The van der Waals surface area contributed by atoms with E-state index in [1.54, 1.807) is 30.3 Å². The summed E-state index contributed by atoms with van der Waals surface area (Å²) < 4.78 is 26.1. The maximum atomic E-state index is 13.8. The van der Waals surface area contributed by atoms with Crippen LogP contribution in [0, 0.1) is 5.82 Å². The second kappa shape index (κ2) is 12.2. The summed E-state index contributed by atoms with van der Waals surface area (Å²) in [7, 11) is 0. The quantitative estimate of drug-likeness (QED) is 0.237. The zero-order valence-corrected chi connectivity index (χ0v) is 21.8. The summed E-state index contributed by atoms with van der Waals surface area (Å²) in [6.45, 7) is 4.57. The number of aliphatic hydroxyl groups excluding tert-OH is 1. The maximum absolute atomic E-state index is 13.8. The Balaban J connectivity index is 1.67. The van der Waals surface area contributed by atoms with Gasteiger partial charge in [0.2, 0.25) is 5.90 Å². The van der Waals surface area contributed by atoms with E-state index in [9.17, 15) is 9.18 Å². The molecule has 1 aliphatic heterocycles. The molecule has 0 spiro atoms. The van der Waals surface area contributed by atoms with Gasteiger partial charge >= 0.3 is 0 Å². The van der Waals surface area contributed by atoms with E-state index in [2.05, 4.69) is 27.8 Å². The molecule has 0 aromatic heterocycles. The smallest absolute Gasteiger partial charge is 0.252 e. The summed E-state index contributed by atoms with van der Waals surface area (Å²) in [6, 6.07) is 20.8. The Labute approximate surface area is 224 Å². The molecule has 3 aromatic carbocycles. The molecule has 3 aromatic rings. The van der Waals surface area contributed by atoms with Gasteiger partial charge in [-0.3, -0.25) is 4.79 Å². The summed E-state index contributed by atoms with van der Waals surface area (Å²) in [5.74, 6) is 0.334. The molecular weight excluding hydrogens is 539 g/mol. The van der Waals surface area contributed by atoms with Crippen LogP contribution in [0.2, 0.25) is 0 Å². The lowest BCUT2D eigenvalue weighted by Gasteiger charge is -2.30. The lowest BCUT2D eigenvalue weighted by molar-refractivity contribution is -0.129. The van der Waals surface area contributed by atoms with E-state index >= 15 is 0 Å². The standard InChI is InChI=1S/C29H28BrFN2O4/c1-2-16-29(28(35)32-19-20-8-12-22(31)13-9-20)26(24-6-3-4-7-25(24)30)37-27(33-29)21-10-14-23(15-11-21)36-18-5-17-34/h2-4,6-15,26,34H,1,5,16-19H2,(H,32,35)/t26-,29-/m1/s1. The Morgan fingerprint density at radius 2 is 1.89 bits per heavy atom. The predicted octanol–water partition coefficient (Wildman–Crippen LogP) is 5.50. The SMILES string of the molecule is C=CC[C@@]1(C(=O)NCc2ccc(F)cc2)N=C(c2ccc(OCCCO)cc2)O[C@@H]1c1ccccc1Br. The van der Waals surface area contributed by atoms with E-state index < -0.39 is 11.6 Å². The summed E-state index contributed by atoms with van der Waals surface area (Å²) >= 11 is 3.60. The van der Waals surface area contributed by atoms with E-state index in [1.165, 1.54) is 12.1 Å². The van der Waals surface area contributed by atoms with Gasteiger partial charge in [-0.05, 0) is 48.0 Å². The molecule has 4 rings (SSSR count). The summed E-state index contributed by atoms with van der Waals surface area (Å²) in [6.07, 6.45) is 1.72. The Bertz CT molecular complexity index is 1260. The molecule has 192 valence electrons. The molecule has 0 fully saturated rings. The normalized spacial score (nSPS) is 18.6. The molecule has 6 nitrogen and oxygen atoms in total. The van der Waals surface area contributed by atoms with Gasteiger partial charge in [-0.2, -0.15) is 0 Å². The third-order valence-corrected chi connectivity index (χ3v) is 6.76. The minimum Gasteiger partial charge on any atom is -0.494 e. The van der Waals surface area contributed by atoms with Crippen LogP contribution in [0.25, 0.3) is 0 Å². The van der Waals surface area contributed by atoms with Crippen LogP contribution in [0.1, 0.15) is 35.6 Å². The summed E-state index contributed by atoms with van der Waals surface area (Å²) in [5, 5.41) is 11.9. The van der Waals surface area contributed by atoms with Crippen LogP contribution in [0.15, 0.2) is 94.9 Å². The Morgan fingerprint density at radius 3 is 2.57 bits per heavy atom. The topological polar surface area (TPSA) is 80.2 Å². The number of aliphatic hydroxyl groups is 1. The van der Waals surface area contributed by atoms with Gasteiger partial charge in [-0.25, -0.2) is 9.38 Å². The van der Waals surface area contributed by atoms with Gasteiger partial charge in [0.05, 0.1) is 6.61 Å². The molecule has 2 N–H and O–H groups in total. The van der Waals surface area contributed by atoms with Crippen molar-refractivity contribution >= 4 is 27.7 Å². The molecular formula is C29H28BrFN2O4. The monoisotopic (exact) mass is 566 g/mol. The number of nitrogens with zero attached hydrogens (tertiary/aromatic N) is 1. The zero-order valence-electron chi connectivity index (χ0n) is 20.2. The van der Waals surface area contributed by atoms with Crippen LogP contribution in [0.4, 0.5) is 4.39 Å². The van der Waals surface area contributed by atoms with E-state index in [0.717, 1.165) is 15.6 Å². The highest BCUT2D eigenvalue weighted by molar-refractivity contribution is 9.10. The predicted molar refractivity (Wildman–Crippen MR) is 144 cm³/mol. The van der Waals surface area contributed by atoms with Crippen LogP contribution in [-0.4, -0.2) is 35.7 Å². The molecule has 37 heavy (non-hydrogen) atoms. The molecule has 0 aliphatic carbocycles. The fourth-order valence-electron chi connectivity index (χ4n) is 4.14. The number of rotatable bonds is 11. The van der Waals surface area contributed by atoms with Gasteiger partial charge in [0, 0.05) is 41.6 Å². The number of nitrogens with one attached hydrogen (secondary N) is 1. The number of hydrogen-bond donors (Lipinski definition) is 2. The second-order valence-corrected chi connectivity index (χ2v) is 9.47. The third-order valence-electron chi connectivity index (χ3n) is 6.04. The second-order valence-electron chi connectivity index (χ2n) is 8.61.